The second kappa shape index (κ2) is 7.03. The molecule has 0 radical (unpaired) electrons. The van der Waals surface area contributed by atoms with Gasteiger partial charge < -0.3 is 4.74 Å². The zero-order chi connectivity index (χ0) is 14.5. The van der Waals surface area contributed by atoms with Crippen LogP contribution in [0.5, 0.6) is 0 Å². The van der Waals surface area contributed by atoms with Crippen molar-refractivity contribution in [3.8, 4) is 0 Å². The zero-order valence-electron chi connectivity index (χ0n) is 12.0. The molecule has 0 unspecified atom stereocenters. The van der Waals surface area contributed by atoms with Gasteiger partial charge in [0.25, 0.3) is 0 Å². The van der Waals surface area contributed by atoms with E-state index >= 15 is 0 Å². The van der Waals surface area contributed by atoms with Crippen LogP contribution in [0.4, 0.5) is 0 Å². The molecule has 1 aromatic rings. The molecule has 0 heterocycles. The van der Waals surface area contributed by atoms with E-state index in [4.69, 9.17) is 4.74 Å². The highest BCUT2D eigenvalue weighted by molar-refractivity contribution is 7.89. The van der Waals surface area contributed by atoms with E-state index in [0.717, 1.165) is 11.1 Å². The molecule has 0 aliphatic rings. The molecule has 19 heavy (non-hydrogen) atoms. The van der Waals surface area contributed by atoms with Crippen LogP contribution in [0.1, 0.15) is 37.4 Å². The van der Waals surface area contributed by atoms with Crippen LogP contribution in [0.25, 0.3) is 0 Å². The average Bonchev–Trinajstić information content (AvgIpc) is 2.36. The smallest absolute Gasteiger partial charge is 0.214 e. The number of rotatable bonds is 7. The van der Waals surface area contributed by atoms with E-state index < -0.39 is 10.0 Å². The first kappa shape index (κ1) is 16.1. The fraction of sp³-hybridized carbons (Fsp3) is 0.571. The number of ether oxygens (including phenoxy) is 1. The lowest BCUT2D eigenvalue weighted by Crippen LogP contribution is -2.34. The summed E-state index contributed by atoms with van der Waals surface area (Å²) in [5.41, 5.74) is 2.15. The second-order valence-corrected chi connectivity index (χ2v) is 6.62. The topological polar surface area (TPSA) is 55.4 Å². The number of hydrogen-bond acceptors (Lipinski definition) is 3. The van der Waals surface area contributed by atoms with Gasteiger partial charge in [0.1, 0.15) is 0 Å². The maximum Gasteiger partial charge on any atom is 0.214 e. The van der Waals surface area contributed by atoms with Crippen molar-refractivity contribution >= 4 is 10.0 Å². The Kier molecular flexibility index (Phi) is 5.97. The molecular formula is C14H23NO3S. The molecule has 0 saturated heterocycles. The van der Waals surface area contributed by atoms with E-state index in [2.05, 4.69) is 4.72 Å². The van der Waals surface area contributed by atoms with Gasteiger partial charge >= 0.3 is 0 Å². The van der Waals surface area contributed by atoms with Gasteiger partial charge in [0.2, 0.25) is 10.0 Å². The van der Waals surface area contributed by atoms with Crippen LogP contribution in [0.2, 0.25) is 0 Å². The highest BCUT2D eigenvalue weighted by Crippen LogP contribution is 2.18. The van der Waals surface area contributed by atoms with Crippen LogP contribution >= 0.6 is 0 Å². The van der Waals surface area contributed by atoms with Crippen LogP contribution in [-0.4, -0.2) is 27.4 Å². The van der Waals surface area contributed by atoms with Crippen molar-refractivity contribution in [2.24, 2.45) is 0 Å². The van der Waals surface area contributed by atoms with Crippen molar-refractivity contribution in [1.82, 2.24) is 4.72 Å². The average molecular weight is 285 g/mol. The van der Waals surface area contributed by atoms with Crippen LogP contribution in [-0.2, 0) is 14.8 Å². The Morgan fingerprint density at radius 3 is 2.32 bits per heavy atom. The van der Waals surface area contributed by atoms with Crippen LogP contribution in [0, 0.1) is 6.92 Å². The van der Waals surface area contributed by atoms with E-state index in [9.17, 15) is 8.42 Å². The molecule has 0 aliphatic carbocycles. The van der Waals surface area contributed by atoms with E-state index in [1.807, 2.05) is 38.1 Å². The lowest BCUT2D eigenvalue weighted by molar-refractivity contribution is 0.136. The summed E-state index contributed by atoms with van der Waals surface area (Å²) in [4.78, 5) is 0. The molecule has 0 amide bonds. The van der Waals surface area contributed by atoms with Gasteiger partial charge in [-0.3, -0.25) is 0 Å². The number of hydrogen-bond donors (Lipinski definition) is 1. The highest BCUT2D eigenvalue weighted by Gasteiger charge is 2.20. The Bertz CT molecular complexity index is 482. The standard InChI is InChI=1S/C14H23NO3S/c1-5-14(13-8-6-11(2)7-9-13)15-19(16,17)10-12(3)18-4/h6-9,12,14-15H,5,10H2,1-4H3/t12-,14+/m0/s1. The Labute approximate surface area is 116 Å². The quantitative estimate of drug-likeness (QED) is 0.837. The van der Waals surface area contributed by atoms with Crippen LogP contribution in [0.15, 0.2) is 24.3 Å². The van der Waals surface area contributed by atoms with Gasteiger partial charge in [-0.2, -0.15) is 0 Å². The first-order valence-electron chi connectivity index (χ1n) is 6.47. The van der Waals surface area contributed by atoms with Crippen molar-refractivity contribution in [2.45, 2.75) is 39.3 Å². The molecule has 1 aromatic carbocycles. The molecule has 0 bridgehead atoms. The number of nitrogens with one attached hydrogen (secondary N) is 1. The molecule has 2 atom stereocenters. The minimum Gasteiger partial charge on any atom is -0.381 e. The summed E-state index contributed by atoms with van der Waals surface area (Å²) in [6.07, 6.45) is 0.400. The summed E-state index contributed by atoms with van der Waals surface area (Å²) in [5.74, 6) is -0.0220. The van der Waals surface area contributed by atoms with Crippen LogP contribution < -0.4 is 4.72 Å². The third-order valence-corrected chi connectivity index (χ3v) is 4.62. The minimum absolute atomic E-state index is 0.0220. The van der Waals surface area contributed by atoms with Crippen molar-refractivity contribution in [1.29, 1.82) is 0 Å². The summed E-state index contributed by atoms with van der Waals surface area (Å²) < 4.78 is 31.8. The van der Waals surface area contributed by atoms with E-state index in [0.29, 0.717) is 6.42 Å². The summed E-state index contributed by atoms with van der Waals surface area (Å²) >= 11 is 0. The number of methoxy groups -OCH3 is 1. The molecule has 1 rings (SSSR count). The largest absolute Gasteiger partial charge is 0.381 e. The normalized spacial score (nSPS) is 15.2. The van der Waals surface area contributed by atoms with Crippen molar-refractivity contribution in [3.05, 3.63) is 35.4 Å². The Balaban J connectivity index is 2.79. The van der Waals surface area contributed by atoms with Crippen molar-refractivity contribution in [3.63, 3.8) is 0 Å². The molecule has 0 spiro atoms. The minimum atomic E-state index is -3.34. The summed E-state index contributed by atoms with van der Waals surface area (Å²) in [6, 6.07) is 7.72. The predicted molar refractivity (Wildman–Crippen MR) is 77.6 cm³/mol. The van der Waals surface area contributed by atoms with Gasteiger partial charge in [0, 0.05) is 13.2 Å². The lowest BCUT2D eigenvalue weighted by Gasteiger charge is -2.19. The van der Waals surface area contributed by atoms with Gasteiger partial charge in [-0.25, -0.2) is 13.1 Å². The number of benzene rings is 1. The summed E-state index contributed by atoms with van der Waals surface area (Å²) in [5, 5.41) is 0. The predicted octanol–water partition coefficient (Wildman–Crippen LogP) is 2.40. The van der Waals surface area contributed by atoms with Gasteiger partial charge in [-0.05, 0) is 25.8 Å². The monoisotopic (exact) mass is 285 g/mol. The molecule has 0 aromatic heterocycles. The highest BCUT2D eigenvalue weighted by atomic mass is 32.2. The number of aryl methyl sites for hydroxylation is 1. The summed E-state index contributed by atoms with van der Waals surface area (Å²) in [6.45, 7) is 5.72. The first-order chi connectivity index (χ1) is 8.88. The maximum atomic E-state index is 12.0. The van der Waals surface area contributed by atoms with Gasteiger partial charge in [0.05, 0.1) is 11.9 Å². The second-order valence-electron chi connectivity index (χ2n) is 4.82. The van der Waals surface area contributed by atoms with Crippen molar-refractivity contribution in [2.75, 3.05) is 12.9 Å². The lowest BCUT2D eigenvalue weighted by atomic mass is 10.0. The van der Waals surface area contributed by atoms with Gasteiger partial charge in [-0.1, -0.05) is 36.8 Å². The molecular weight excluding hydrogens is 262 g/mol. The van der Waals surface area contributed by atoms with Gasteiger partial charge in [0.15, 0.2) is 0 Å². The third kappa shape index (κ3) is 5.30. The van der Waals surface area contributed by atoms with Gasteiger partial charge in [-0.15, -0.1) is 0 Å². The zero-order valence-corrected chi connectivity index (χ0v) is 12.8. The molecule has 5 heteroatoms. The maximum absolute atomic E-state index is 12.0. The molecule has 1 N–H and O–H groups in total. The summed E-state index contributed by atoms with van der Waals surface area (Å²) in [7, 11) is -1.83. The molecule has 4 nitrogen and oxygen atoms in total. The van der Waals surface area contributed by atoms with E-state index in [1.54, 1.807) is 6.92 Å². The number of sulfonamides is 1. The molecule has 108 valence electrons. The van der Waals surface area contributed by atoms with Crippen LogP contribution in [0.3, 0.4) is 0 Å². The molecule has 0 saturated carbocycles. The fourth-order valence-electron chi connectivity index (χ4n) is 1.83. The van der Waals surface area contributed by atoms with Crippen molar-refractivity contribution < 1.29 is 13.2 Å². The Hall–Kier alpha value is -0.910. The third-order valence-electron chi connectivity index (χ3n) is 3.07. The first-order valence-corrected chi connectivity index (χ1v) is 8.12. The Morgan fingerprint density at radius 1 is 1.26 bits per heavy atom. The molecule has 0 aliphatic heterocycles. The molecule has 0 fully saturated rings. The van der Waals surface area contributed by atoms with E-state index in [-0.39, 0.29) is 17.9 Å². The SMILES string of the molecule is CC[C@@H](NS(=O)(=O)C[C@H](C)OC)c1ccc(C)cc1. The van der Waals surface area contributed by atoms with E-state index in [1.165, 1.54) is 7.11 Å². The fourth-order valence-corrected chi connectivity index (χ4v) is 3.41. The Morgan fingerprint density at radius 2 is 1.84 bits per heavy atom.